The third-order valence-electron chi connectivity index (χ3n) is 4.10. The van der Waals surface area contributed by atoms with Crippen LogP contribution in [0.1, 0.15) is 32.6 Å². The van der Waals surface area contributed by atoms with Crippen LogP contribution in [0, 0.1) is 6.92 Å². The monoisotopic (exact) mass is 281 g/mol. The quantitative estimate of drug-likeness (QED) is 0.939. The van der Waals surface area contributed by atoms with E-state index in [1.807, 2.05) is 19.1 Å². The highest BCUT2D eigenvalue weighted by Crippen LogP contribution is 2.22. The van der Waals surface area contributed by atoms with Crippen LogP contribution in [0.5, 0.6) is 0 Å². The highest BCUT2D eigenvalue weighted by molar-refractivity contribution is 5.89. The van der Waals surface area contributed by atoms with Crippen molar-refractivity contribution in [2.75, 3.05) is 6.54 Å². The number of carboxylic acids is 1. The zero-order valence-corrected chi connectivity index (χ0v) is 12.2. The molecule has 3 rings (SSSR count). The molecule has 0 amide bonds. The molecule has 0 unspecified atom stereocenters. The van der Waals surface area contributed by atoms with E-state index in [-0.39, 0.29) is 0 Å². The van der Waals surface area contributed by atoms with Crippen LogP contribution in [0.15, 0.2) is 42.5 Å². The predicted octanol–water partition coefficient (Wildman–Crippen LogP) is 3.25. The van der Waals surface area contributed by atoms with Crippen molar-refractivity contribution in [1.82, 2.24) is 4.90 Å². The van der Waals surface area contributed by atoms with Gasteiger partial charge in [0.05, 0.1) is 5.56 Å². The Morgan fingerprint density at radius 1 is 1.19 bits per heavy atom. The summed E-state index contributed by atoms with van der Waals surface area (Å²) in [5.74, 6) is -0.842. The Balaban J connectivity index is 1.81. The Morgan fingerprint density at radius 3 is 2.71 bits per heavy atom. The van der Waals surface area contributed by atoms with E-state index in [2.05, 4.69) is 29.2 Å². The minimum absolute atomic E-state index is 0.425. The van der Waals surface area contributed by atoms with Crippen molar-refractivity contribution in [3.8, 4) is 0 Å². The van der Waals surface area contributed by atoms with E-state index in [1.165, 1.54) is 11.1 Å². The van der Waals surface area contributed by atoms with Crippen LogP contribution >= 0.6 is 0 Å². The van der Waals surface area contributed by atoms with Gasteiger partial charge in [-0.25, -0.2) is 4.79 Å². The molecule has 0 bridgehead atoms. The molecule has 0 saturated heterocycles. The van der Waals surface area contributed by atoms with Crippen LogP contribution in [0.25, 0.3) is 0 Å². The largest absolute Gasteiger partial charge is 0.478 e. The summed E-state index contributed by atoms with van der Waals surface area (Å²) in [5.41, 5.74) is 5.07. The molecule has 0 spiro atoms. The second kappa shape index (κ2) is 5.70. The lowest BCUT2D eigenvalue weighted by Crippen LogP contribution is -2.30. The number of carbonyl (C=O) groups is 1. The summed E-state index contributed by atoms with van der Waals surface area (Å²) in [6, 6.07) is 14.2. The van der Waals surface area contributed by atoms with Crippen LogP contribution in [0.3, 0.4) is 0 Å². The van der Waals surface area contributed by atoms with E-state index in [0.29, 0.717) is 12.1 Å². The Kier molecular flexibility index (Phi) is 3.76. The van der Waals surface area contributed by atoms with Gasteiger partial charge < -0.3 is 5.11 Å². The molecule has 0 fully saturated rings. The first-order chi connectivity index (χ1) is 10.1. The zero-order valence-electron chi connectivity index (χ0n) is 12.2. The predicted molar refractivity (Wildman–Crippen MR) is 82.4 cm³/mol. The van der Waals surface area contributed by atoms with Crippen LogP contribution in [0.2, 0.25) is 0 Å². The molecule has 2 aromatic carbocycles. The molecular weight excluding hydrogens is 262 g/mol. The number of hydrogen-bond acceptors (Lipinski definition) is 2. The van der Waals surface area contributed by atoms with E-state index < -0.39 is 5.97 Å². The molecule has 0 aliphatic carbocycles. The third kappa shape index (κ3) is 2.98. The molecule has 1 N–H and O–H groups in total. The number of benzene rings is 2. The molecule has 0 aromatic heterocycles. The minimum Gasteiger partial charge on any atom is -0.478 e. The van der Waals surface area contributed by atoms with Gasteiger partial charge in [-0.15, -0.1) is 0 Å². The highest BCUT2D eigenvalue weighted by Gasteiger charge is 2.18. The van der Waals surface area contributed by atoms with Crippen LogP contribution in [-0.4, -0.2) is 22.5 Å². The van der Waals surface area contributed by atoms with Gasteiger partial charge in [-0.05, 0) is 36.1 Å². The lowest BCUT2D eigenvalue weighted by Gasteiger charge is -2.29. The number of fused-ring (bicyclic) bond motifs is 1. The molecule has 21 heavy (non-hydrogen) atoms. The first kappa shape index (κ1) is 13.8. The maximum atomic E-state index is 11.4. The minimum atomic E-state index is -0.842. The second-order valence-electron chi connectivity index (χ2n) is 5.70. The van der Waals surface area contributed by atoms with Gasteiger partial charge >= 0.3 is 5.97 Å². The number of aryl methyl sites for hydroxylation is 1. The van der Waals surface area contributed by atoms with Gasteiger partial charge in [0.15, 0.2) is 0 Å². The maximum absolute atomic E-state index is 11.4. The molecule has 2 aromatic rings. The molecule has 0 radical (unpaired) electrons. The summed E-state index contributed by atoms with van der Waals surface area (Å²) < 4.78 is 0. The first-order valence-electron chi connectivity index (χ1n) is 7.25. The molecule has 3 nitrogen and oxygen atoms in total. The summed E-state index contributed by atoms with van der Waals surface area (Å²) >= 11 is 0. The van der Waals surface area contributed by atoms with Gasteiger partial charge in [0.2, 0.25) is 0 Å². The highest BCUT2D eigenvalue weighted by atomic mass is 16.4. The van der Waals surface area contributed by atoms with Crippen LogP contribution < -0.4 is 0 Å². The topological polar surface area (TPSA) is 40.5 Å². The Labute approximate surface area is 124 Å². The van der Waals surface area contributed by atoms with Gasteiger partial charge in [0, 0.05) is 19.6 Å². The van der Waals surface area contributed by atoms with Crippen molar-refractivity contribution < 1.29 is 9.90 Å². The maximum Gasteiger partial charge on any atom is 0.336 e. The second-order valence-corrected chi connectivity index (χ2v) is 5.70. The van der Waals surface area contributed by atoms with Crippen molar-refractivity contribution in [1.29, 1.82) is 0 Å². The Hall–Kier alpha value is -2.13. The molecule has 108 valence electrons. The first-order valence-corrected chi connectivity index (χ1v) is 7.25. The van der Waals surface area contributed by atoms with Crippen molar-refractivity contribution >= 4 is 5.97 Å². The van der Waals surface area contributed by atoms with Crippen molar-refractivity contribution in [2.45, 2.75) is 26.4 Å². The van der Waals surface area contributed by atoms with E-state index in [0.717, 1.165) is 30.6 Å². The Morgan fingerprint density at radius 2 is 1.95 bits per heavy atom. The summed E-state index contributed by atoms with van der Waals surface area (Å²) in [6.07, 6.45) is 1.03. The van der Waals surface area contributed by atoms with Crippen molar-refractivity contribution in [3.63, 3.8) is 0 Å². The van der Waals surface area contributed by atoms with Gasteiger partial charge in [0.1, 0.15) is 0 Å². The smallest absolute Gasteiger partial charge is 0.336 e. The van der Waals surface area contributed by atoms with E-state index in [9.17, 15) is 9.90 Å². The van der Waals surface area contributed by atoms with Gasteiger partial charge in [-0.1, -0.05) is 42.0 Å². The molecule has 1 aliphatic heterocycles. The summed E-state index contributed by atoms with van der Waals surface area (Å²) in [5, 5.41) is 9.36. The van der Waals surface area contributed by atoms with Crippen molar-refractivity contribution in [2.24, 2.45) is 0 Å². The van der Waals surface area contributed by atoms with Gasteiger partial charge in [-0.3, -0.25) is 4.90 Å². The fraction of sp³-hybridized carbons (Fsp3) is 0.278. The number of rotatable bonds is 3. The lowest BCUT2D eigenvalue weighted by molar-refractivity contribution is 0.0694. The standard InChI is InChI=1S/C18H19NO2/c1-13-6-7-16(17(10-13)18(20)21)12-19-9-8-14-4-2-3-5-15(14)11-19/h2-7,10H,8-9,11-12H2,1H3,(H,20,21). The van der Waals surface area contributed by atoms with E-state index >= 15 is 0 Å². The molecule has 1 heterocycles. The number of aromatic carboxylic acids is 1. The SMILES string of the molecule is Cc1ccc(CN2CCc3ccccc3C2)c(C(=O)O)c1. The van der Waals surface area contributed by atoms with Crippen molar-refractivity contribution in [3.05, 3.63) is 70.3 Å². The van der Waals surface area contributed by atoms with E-state index in [4.69, 9.17) is 0 Å². The molecular formula is C18H19NO2. The van der Waals surface area contributed by atoms with Crippen LogP contribution in [0.4, 0.5) is 0 Å². The summed E-state index contributed by atoms with van der Waals surface area (Å²) in [7, 11) is 0. The molecule has 0 saturated carbocycles. The summed E-state index contributed by atoms with van der Waals surface area (Å²) in [4.78, 5) is 13.7. The fourth-order valence-corrected chi connectivity index (χ4v) is 2.96. The number of hydrogen-bond donors (Lipinski definition) is 1. The van der Waals surface area contributed by atoms with E-state index in [1.54, 1.807) is 6.07 Å². The van der Waals surface area contributed by atoms with Crippen LogP contribution in [-0.2, 0) is 19.5 Å². The van der Waals surface area contributed by atoms with Gasteiger partial charge in [0.25, 0.3) is 0 Å². The normalized spacial score (nSPS) is 14.7. The Bertz CT molecular complexity index is 679. The lowest BCUT2D eigenvalue weighted by atomic mass is 9.98. The fourth-order valence-electron chi connectivity index (χ4n) is 2.96. The molecule has 1 aliphatic rings. The van der Waals surface area contributed by atoms with Gasteiger partial charge in [-0.2, -0.15) is 0 Å². The molecule has 0 atom stereocenters. The average molecular weight is 281 g/mol. The average Bonchev–Trinajstić information content (AvgIpc) is 2.49. The molecule has 3 heteroatoms. The zero-order chi connectivity index (χ0) is 14.8. The number of carboxylic acid groups (broad SMARTS) is 1. The summed E-state index contributed by atoms with van der Waals surface area (Å²) in [6.45, 7) is 4.48. The third-order valence-corrected chi connectivity index (χ3v) is 4.10. The number of nitrogens with zero attached hydrogens (tertiary/aromatic N) is 1.